The molecule has 0 saturated heterocycles. The van der Waals surface area contributed by atoms with Crippen molar-refractivity contribution in [2.75, 3.05) is 17.9 Å². The maximum Gasteiger partial charge on any atom is 0.264 e. The third-order valence-electron chi connectivity index (χ3n) is 4.18. The van der Waals surface area contributed by atoms with Gasteiger partial charge in [0.2, 0.25) is 5.91 Å². The highest BCUT2D eigenvalue weighted by atomic mass is 32.2. The summed E-state index contributed by atoms with van der Waals surface area (Å²) in [6, 6.07) is 13.6. The Kier molecular flexibility index (Phi) is 7.17. The first-order valence-electron chi connectivity index (χ1n) is 9.00. The number of benzene rings is 2. The van der Waals surface area contributed by atoms with Crippen LogP contribution in [0.2, 0.25) is 0 Å². The van der Waals surface area contributed by atoms with Crippen LogP contribution in [0.15, 0.2) is 59.5 Å². The number of nitrogens with one attached hydrogen (secondary N) is 2. The van der Waals surface area contributed by atoms with E-state index in [4.69, 9.17) is 0 Å². The fraction of sp³-hybridized carbons (Fsp3) is 0.300. The third-order valence-corrected chi connectivity index (χ3v) is 5.98. The van der Waals surface area contributed by atoms with Gasteiger partial charge in [-0.05, 0) is 49.7 Å². The van der Waals surface area contributed by atoms with E-state index in [0.717, 1.165) is 6.42 Å². The largest absolute Gasteiger partial charge is 0.354 e. The van der Waals surface area contributed by atoms with Gasteiger partial charge in [-0.2, -0.15) is 0 Å². The Labute approximate surface area is 165 Å². The van der Waals surface area contributed by atoms with E-state index in [2.05, 4.69) is 10.6 Å². The predicted octanol–water partition coefficient (Wildman–Crippen LogP) is 2.16. The highest BCUT2D eigenvalue weighted by Crippen LogP contribution is 2.21. The van der Waals surface area contributed by atoms with Gasteiger partial charge in [0, 0.05) is 19.2 Å². The number of hydrogen-bond donors (Lipinski definition) is 2. The van der Waals surface area contributed by atoms with E-state index < -0.39 is 22.0 Å². The van der Waals surface area contributed by atoms with E-state index in [-0.39, 0.29) is 16.4 Å². The van der Waals surface area contributed by atoms with Gasteiger partial charge in [0.25, 0.3) is 15.9 Å². The SMILES string of the molecule is CCCNC(=O)[C@H](C)NC(=O)c1ccc(S(=O)(=O)N(C)c2ccccc2)cc1. The molecule has 150 valence electrons. The molecule has 0 aliphatic rings. The van der Waals surface area contributed by atoms with E-state index in [1.165, 1.54) is 35.6 Å². The molecule has 2 aromatic carbocycles. The van der Waals surface area contributed by atoms with Gasteiger partial charge in [-0.25, -0.2) is 8.42 Å². The standard InChI is InChI=1S/C20H25N3O4S/c1-4-14-21-19(24)15(2)22-20(25)16-10-12-18(13-11-16)28(26,27)23(3)17-8-6-5-7-9-17/h5-13,15H,4,14H2,1-3H3,(H,21,24)(H,22,25)/t15-/m0/s1. The zero-order valence-corrected chi connectivity index (χ0v) is 17.0. The number of para-hydroxylation sites is 1. The molecule has 1 atom stereocenters. The molecule has 0 saturated carbocycles. The molecule has 0 aliphatic carbocycles. The molecule has 0 bridgehead atoms. The van der Waals surface area contributed by atoms with Gasteiger partial charge >= 0.3 is 0 Å². The molecule has 28 heavy (non-hydrogen) atoms. The Morgan fingerprint density at radius 1 is 1.04 bits per heavy atom. The normalized spacial score (nSPS) is 12.1. The van der Waals surface area contributed by atoms with Crippen LogP contribution in [0.1, 0.15) is 30.6 Å². The van der Waals surface area contributed by atoms with Gasteiger partial charge < -0.3 is 10.6 Å². The summed E-state index contributed by atoms with van der Waals surface area (Å²) in [4.78, 5) is 24.2. The predicted molar refractivity (Wildman–Crippen MR) is 109 cm³/mol. The first-order chi connectivity index (χ1) is 13.3. The maximum atomic E-state index is 12.8. The molecule has 2 rings (SSSR count). The Morgan fingerprint density at radius 3 is 2.21 bits per heavy atom. The van der Waals surface area contributed by atoms with Crippen molar-refractivity contribution in [3.63, 3.8) is 0 Å². The molecule has 0 aromatic heterocycles. The summed E-state index contributed by atoms with van der Waals surface area (Å²) >= 11 is 0. The first kappa shape index (κ1) is 21.4. The fourth-order valence-corrected chi connectivity index (χ4v) is 3.66. The van der Waals surface area contributed by atoms with Crippen LogP contribution in [-0.4, -0.2) is 39.9 Å². The van der Waals surface area contributed by atoms with Gasteiger partial charge in [-0.15, -0.1) is 0 Å². The van der Waals surface area contributed by atoms with Gasteiger partial charge in [0.05, 0.1) is 10.6 Å². The Bertz CT molecular complexity index is 912. The summed E-state index contributed by atoms with van der Waals surface area (Å²) in [5.41, 5.74) is 0.813. The maximum absolute atomic E-state index is 12.8. The molecule has 0 spiro atoms. The number of nitrogens with zero attached hydrogens (tertiary/aromatic N) is 1. The van der Waals surface area contributed by atoms with Gasteiger partial charge in [-0.1, -0.05) is 25.1 Å². The number of carbonyl (C=O) groups is 2. The summed E-state index contributed by atoms with van der Waals surface area (Å²) in [7, 11) is -2.27. The monoisotopic (exact) mass is 403 g/mol. The fourth-order valence-electron chi connectivity index (χ4n) is 2.46. The first-order valence-corrected chi connectivity index (χ1v) is 10.4. The van der Waals surface area contributed by atoms with Crippen molar-refractivity contribution in [1.82, 2.24) is 10.6 Å². The van der Waals surface area contributed by atoms with E-state index in [9.17, 15) is 18.0 Å². The summed E-state index contributed by atoms with van der Waals surface area (Å²) in [5, 5.41) is 5.31. The minimum absolute atomic E-state index is 0.0733. The Balaban J connectivity index is 2.10. The molecule has 0 unspecified atom stereocenters. The van der Waals surface area contributed by atoms with Crippen molar-refractivity contribution in [1.29, 1.82) is 0 Å². The molecule has 8 heteroatoms. The van der Waals surface area contributed by atoms with Crippen LogP contribution in [-0.2, 0) is 14.8 Å². The number of carbonyl (C=O) groups excluding carboxylic acids is 2. The summed E-state index contributed by atoms with van der Waals surface area (Å²) in [6.07, 6.45) is 0.805. The van der Waals surface area contributed by atoms with E-state index in [1.807, 2.05) is 6.92 Å². The van der Waals surface area contributed by atoms with Crippen LogP contribution >= 0.6 is 0 Å². The summed E-state index contributed by atoms with van der Waals surface area (Å²) in [6.45, 7) is 4.07. The average Bonchev–Trinajstić information content (AvgIpc) is 2.71. The highest BCUT2D eigenvalue weighted by Gasteiger charge is 2.22. The molecule has 2 aromatic rings. The van der Waals surface area contributed by atoms with Crippen molar-refractivity contribution < 1.29 is 18.0 Å². The molecule has 2 amide bonds. The number of anilines is 1. The van der Waals surface area contributed by atoms with E-state index >= 15 is 0 Å². The second-order valence-corrected chi connectivity index (χ2v) is 8.29. The molecule has 0 heterocycles. The molecular formula is C20H25N3O4S. The minimum Gasteiger partial charge on any atom is -0.354 e. The quantitative estimate of drug-likeness (QED) is 0.706. The van der Waals surface area contributed by atoms with Crippen molar-refractivity contribution in [3.8, 4) is 0 Å². The van der Waals surface area contributed by atoms with Crippen LogP contribution in [0, 0.1) is 0 Å². The van der Waals surface area contributed by atoms with E-state index in [1.54, 1.807) is 37.3 Å². The highest BCUT2D eigenvalue weighted by molar-refractivity contribution is 7.92. The van der Waals surface area contributed by atoms with Crippen molar-refractivity contribution in [2.24, 2.45) is 0 Å². The minimum atomic E-state index is -3.74. The molecule has 0 aliphatic heterocycles. The van der Waals surface area contributed by atoms with E-state index in [0.29, 0.717) is 12.2 Å². The van der Waals surface area contributed by atoms with Gasteiger partial charge in [0.1, 0.15) is 6.04 Å². The molecular weight excluding hydrogens is 378 g/mol. The average molecular weight is 404 g/mol. The Hall–Kier alpha value is -2.87. The lowest BCUT2D eigenvalue weighted by Crippen LogP contribution is -2.45. The van der Waals surface area contributed by atoms with Crippen molar-refractivity contribution >= 4 is 27.5 Å². The third kappa shape index (κ3) is 5.10. The molecule has 0 radical (unpaired) electrons. The second-order valence-electron chi connectivity index (χ2n) is 6.32. The van der Waals surface area contributed by atoms with Gasteiger partial charge in [-0.3, -0.25) is 13.9 Å². The van der Waals surface area contributed by atoms with Crippen LogP contribution < -0.4 is 14.9 Å². The van der Waals surface area contributed by atoms with Crippen LogP contribution in [0.5, 0.6) is 0 Å². The van der Waals surface area contributed by atoms with Crippen molar-refractivity contribution in [2.45, 2.75) is 31.2 Å². The van der Waals surface area contributed by atoms with Crippen LogP contribution in [0.25, 0.3) is 0 Å². The topological polar surface area (TPSA) is 95.6 Å². The zero-order valence-electron chi connectivity index (χ0n) is 16.2. The number of sulfonamides is 1. The lowest BCUT2D eigenvalue weighted by atomic mass is 10.2. The molecule has 7 nitrogen and oxygen atoms in total. The molecule has 2 N–H and O–H groups in total. The van der Waals surface area contributed by atoms with Crippen molar-refractivity contribution in [3.05, 3.63) is 60.2 Å². The summed E-state index contributed by atoms with van der Waals surface area (Å²) < 4.78 is 26.7. The van der Waals surface area contributed by atoms with Crippen LogP contribution in [0.3, 0.4) is 0 Å². The van der Waals surface area contributed by atoms with Crippen LogP contribution in [0.4, 0.5) is 5.69 Å². The molecule has 0 fully saturated rings. The zero-order chi connectivity index (χ0) is 20.7. The lowest BCUT2D eigenvalue weighted by Gasteiger charge is -2.19. The number of hydrogen-bond acceptors (Lipinski definition) is 4. The second kappa shape index (κ2) is 9.36. The lowest BCUT2D eigenvalue weighted by molar-refractivity contribution is -0.122. The Morgan fingerprint density at radius 2 is 1.64 bits per heavy atom. The van der Waals surface area contributed by atoms with Gasteiger partial charge in [0.15, 0.2) is 0 Å². The summed E-state index contributed by atoms with van der Waals surface area (Å²) in [5.74, 6) is -0.710. The smallest absolute Gasteiger partial charge is 0.264 e. The number of amides is 2. The number of rotatable bonds is 8.